The number of carboxylic acids is 1. The minimum atomic E-state index is -4.44. The van der Waals surface area contributed by atoms with E-state index in [9.17, 15) is 27.9 Å². The Hall–Kier alpha value is -2.09. The summed E-state index contributed by atoms with van der Waals surface area (Å²) in [6.45, 7) is -1.13. The fourth-order valence-electron chi connectivity index (χ4n) is 2.95. The van der Waals surface area contributed by atoms with Gasteiger partial charge in [0, 0.05) is 13.1 Å². The first-order valence-corrected chi connectivity index (χ1v) is 7.99. The Labute approximate surface area is 143 Å². The molecule has 0 aromatic heterocycles. The van der Waals surface area contributed by atoms with E-state index in [4.69, 9.17) is 0 Å². The van der Waals surface area contributed by atoms with E-state index in [2.05, 4.69) is 4.74 Å². The van der Waals surface area contributed by atoms with Crippen LogP contribution in [0.5, 0.6) is 0 Å². The number of nitrogens with zero attached hydrogens (tertiary/aromatic N) is 1. The van der Waals surface area contributed by atoms with Crippen molar-refractivity contribution in [1.82, 2.24) is 4.90 Å². The monoisotopic (exact) mass is 359 g/mol. The molecule has 0 atom stereocenters. The second-order valence-corrected chi connectivity index (χ2v) is 6.10. The zero-order chi connectivity index (χ0) is 18.4. The van der Waals surface area contributed by atoms with Crippen molar-refractivity contribution in [3.05, 3.63) is 35.4 Å². The summed E-state index contributed by atoms with van der Waals surface area (Å²) in [7, 11) is 0. The van der Waals surface area contributed by atoms with Crippen LogP contribution in [0.15, 0.2) is 24.3 Å². The summed E-state index contributed by atoms with van der Waals surface area (Å²) in [5, 5.41) is 9.20. The summed E-state index contributed by atoms with van der Waals surface area (Å²) in [4.78, 5) is 24.6. The largest absolute Gasteiger partial charge is 0.478 e. The molecule has 25 heavy (non-hydrogen) atoms. The van der Waals surface area contributed by atoms with Crippen LogP contribution >= 0.6 is 0 Å². The molecule has 2 rings (SSSR count). The molecule has 138 valence electrons. The van der Waals surface area contributed by atoms with E-state index in [0.29, 0.717) is 32.4 Å². The predicted octanol–water partition coefficient (Wildman–Crippen LogP) is 2.74. The fraction of sp³-hybridized carbons (Fsp3) is 0.529. The number of carboxylic acid groups (broad SMARTS) is 1. The maximum atomic E-state index is 12.0. The number of carbonyl (C=O) groups is 2. The predicted molar refractivity (Wildman–Crippen MR) is 83.3 cm³/mol. The standard InChI is InChI=1S/C17H20F3NO4/c18-17(19,20)11-25-10-15(22)21-7-5-12(6-8-21)9-13-3-1-2-4-14(13)16(23)24/h1-4,12H,5-11H2,(H,23,24). The number of benzene rings is 1. The van der Waals surface area contributed by atoms with Crippen molar-refractivity contribution in [1.29, 1.82) is 0 Å². The Morgan fingerprint density at radius 3 is 2.44 bits per heavy atom. The number of amides is 1. The molecular formula is C17H20F3NO4. The highest BCUT2D eigenvalue weighted by atomic mass is 19.4. The lowest BCUT2D eigenvalue weighted by molar-refractivity contribution is -0.178. The van der Waals surface area contributed by atoms with Crippen molar-refractivity contribution in [2.75, 3.05) is 26.3 Å². The summed E-state index contributed by atoms with van der Waals surface area (Å²) in [6.07, 6.45) is -2.47. The molecule has 0 saturated carbocycles. The summed E-state index contributed by atoms with van der Waals surface area (Å²) in [6, 6.07) is 6.81. The molecule has 1 fully saturated rings. The summed E-state index contributed by atoms with van der Waals surface area (Å²) < 4.78 is 40.4. The highest BCUT2D eigenvalue weighted by Gasteiger charge is 2.29. The van der Waals surface area contributed by atoms with E-state index in [-0.39, 0.29) is 11.5 Å². The van der Waals surface area contributed by atoms with Gasteiger partial charge in [-0.3, -0.25) is 4.79 Å². The molecule has 1 aromatic carbocycles. The van der Waals surface area contributed by atoms with Gasteiger partial charge in [-0.1, -0.05) is 18.2 Å². The van der Waals surface area contributed by atoms with Crippen LogP contribution in [0.4, 0.5) is 13.2 Å². The molecule has 1 aliphatic rings. The first kappa shape index (κ1) is 19.2. The molecule has 1 saturated heterocycles. The van der Waals surface area contributed by atoms with Crippen molar-refractivity contribution in [2.45, 2.75) is 25.4 Å². The van der Waals surface area contributed by atoms with Crippen LogP contribution in [0.2, 0.25) is 0 Å². The topological polar surface area (TPSA) is 66.8 Å². The van der Waals surface area contributed by atoms with E-state index < -0.39 is 31.3 Å². The number of piperidine rings is 1. The fourth-order valence-corrected chi connectivity index (χ4v) is 2.95. The highest BCUT2D eigenvalue weighted by molar-refractivity contribution is 5.89. The van der Waals surface area contributed by atoms with Crippen LogP contribution in [0.3, 0.4) is 0 Å². The molecule has 1 N–H and O–H groups in total. The van der Waals surface area contributed by atoms with Crippen molar-refractivity contribution in [3.63, 3.8) is 0 Å². The number of ether oxygens (including phenoxy) is 1. The van der Waals surface area contributed by atoms with Crippen molar-refractivity contribution in [3.8, 4) is 0 Å². The first-order valence-electron chi connectivity index (χ1n) is 7.99. The molecular weight excluding hydrogens is 339 g/mol. The van der Waals surface area contributed by atoms with Gasteiger partial charge in [0.25, 0.3) is 0 Å². The normalized spacial score (nSPS) is 16.0. The maximum Gasteiger partial charge on any atom is 0.411 e. The van der Waals surface area contributed by atoms with E-state index in [1.54, 1.807) is 24.3 Å². The first-order chi connectivity index (χ1) is 11.8. The summed E-state index contributed by atoms with van der Waals surface area (Å²) in [5.74, 6) is -1.18. The van der Waals surface area contributed by atoms with Crippen LogP contribution < -0.4 is 0 Å². The van der Waals surface area contributed by atoms with Crippen LogP contribution in [0.25, 0.3) is 0 Å². The van der Waals surface area contributed by atoms with Crippen LogP contribution in [-0.2, 0) is 16.0 Å². The van der Waals surface area contributed by atoms with Crippen LogP contribution in [-0.4, -0.2) is 54.4 Å². The van der Waals surface area contributed by atoms with Crippen molar-refractivity contribution >= 4 is 11.9 Å². The van der Waals surface area contributed by atoms with E-state index in [0.717, 1.165) is 5.56 Å². The molecule has 1 aliphatic heterocycles. The van der Waals surface area contributed by atoms with Gasteiger partial charge in [0.1, 0.15) is 13.2 Å². The number of hydrogen-bond acceptors (Lipinski definition) is 3. The van der Waals surface area contributed by atoms with Gasteiger partial charge in [-0.25, -0.2) is 4.79 Å². The smallest absolute Gasteiger partial charge is 0.411 e. The lowest BCUT2D eigenvalue weighted by atomic mass is 9.88. The Balaban J connectivity index is 1.80. The number of aromatic carboxylic acids is 1. The van der Waals surface area contributed by atoms with Crippen molar-refractivity contribution < 1.29 is 32.6 Å². The van der Waals surface area contributed by atoms with E-state index in [1.807, 2.05) is 0 Å². The molecule has 0 spiro atoms. The molecule has 0 bridgehead atoms. The van der Waals surface area contributed by atoms with Gasteiger partial charge in [-0.05, 0) is 36.8 Å². The Bertz CT molecular complexity index is 610. The quantitative estimate of drug-likeness (QED) is 0.848. The Kier molecular flexibility index (Phi) is 6.41. The Morgan fingerprint density at radius 2 is 1.84 bits per heavy atom. The minimum Gasteiger partial charge on any atom is -0.478 e. The Morgan fingerprint density at radius 1 is 1.20 bits per heavy atom. The molecule has 1 amide bonds. The molecule has 1 heterocycles. The zero-order valence-electron chi connectivity index (χ0n) is 13.6. The third-order valence-electron chi connectivity index (χ3n) is 4.21. The number of alkyl halides is 3. The second kappa shape index (κ2) is 8.33. The third-order valence-corrected chi connectivity index (χ3v) is 4.21. The van der Waals surface area contributed by atoms with Gasteiger partial charge < -0.3 is 14.7 Å². The number of halogens is 3. The average molecular weight is 359 g/mol. The molecule has 1 aromatic rings. The lowest BCUT2D eigenvalue weighted by Crippen LogP contribution is -2.41. The van der Waals surface area contributed by atoms with Crippen molar-refractivity contribution in [2.24, 2.45) is 5.92 Å². The molecule has 0 radical (unpaired) electrons. The number of rotatable bonds is 6. The van der Waals surface area contributed by atoms with E-state index in [1.165, 1.54) is 4.90 Å². The SMILES string of the molecule is O=C(O)c1ccccc1CC1CCN(C(=O)COCC(F)(F)F)CC1. The third kappa shape index (κ3) is 6.04. The lowest BCUT2D eigenvalue weighted by Gasteiger charge is -2.32. The molecule has 0 aliphatic carbocycles. The average Bonchev–Trinajstić information content (AvgIpc) is 2.54. The second-order valence-electron chi connectivity index (χ2n) is 6.10. The minimum absolute atomic E-state index is 0.237. The summed E-state index contributed by atoms with van der Waals surface area (Å²) >= 11 is 0. The molecule has 8 heteroatoms. The van der Waals surface area contributed by atoms with E-state index >= 15 is 0 Å². The zero-order valence-corrected chi connectivity index (χ0v) is 13.6. The van der Waals surface area contributed by atoms with Gasteiger partial charge in [-0.15, -0.1) is 0 Å². The van der Waals surface area contributed by atoms with Gasteiger partial charge >= 0.3 is 12.1 Å². The van der Waals surface area contributed by atoms with Gasteiger partial charge in [0.2, 0.25) is 5.91 Å². The number of carbonyl (C=O) groups excluding carboxylic acids is 1. The highest BCUT2D eigenvalue weighted by Crippen LogP contribution is 2.24. The van der Waals surface area contributed by atoms with Gasteiger partial charge in [0.15, 0.2) is 0 Å². The summed E-state index contributed by atoms with van der Waals surface area (Å²) in [5.41, 5.74) is 1.04. The maximum absolute atomic E-state index is 12.0. The van der Waals surface area contributed by atoms with Crippen LogP contribution in [0.1, 0.15) is 28.8 Å². The van der Waals surface area contributed by atoms with Crippen LogP contribution in [0, 0.1) is 5.92 Å². The molecule has 0 unspecified atom stereocenters. The molecule has 5 nitrogen and oxygen atoms in total. The van der Waals surface area contributed by atoms with Gasteiger partial charge in [-0.2, -0.15) is 13.2 Å². The van der Waals surface area contributed by atoms with Gasteiger partial charge in [0.05, 0.1) is 5.56 Å². The number of likely N-dealkylation sites (tertiary alicyclic amines) is 1. The number of hydrogen-bond donors (Lipinski definition) is 1.